The Morgan fingerprint density at radius 3 is 1.80 bits per heavy atom. The molecule has 0 saturated heterocycles. The van der Waals surface area contributed by atoms with E-state index in [9.17, 15) is 9.59 Å². The molecular weight excluding hydrogens is 634 g/mol. The molecule has 3 aromatic carbocycles. The fourth-order valence-electron chi connectivity index (χ4n) is 5.04. The minimum absolute atomic E-state index is 0.00108. The van der Waals surface area contributed by atoms with Crippen molar-refractivity contribution in [2.45, 2.75) is 60.4 Å². The van der Waals surface area contributed by atoms with E-state index in [4.69, 9.17) is 28.9 Å². The SMILES string of the molecule is COc1ccc(N(c2ncc3ncn(COC(COC(=O)C(C)(C)C)COC(=O)C(C)(C)C)c3n2)C(c2ccccc2)c2ccccc2)cc1. The maximum atomic E-state index is 12.6. The maximum Gasteiger partial charge on any atom is 0.311 e. The Labute approximate surface area is 293 Å². The van der Waals surface area contributed by atoms with Crippen LogP contribution in [-0.2, 0) is 30.5 Å². The molecule has 2 aromatic heterocycles. The van der Waals surface area contributed by atoms with Gasteiger partial charge >= 0.3 is 11.9 Å². The van der Waals surface area contributed by atoms with Gasteiger partial charge in [0, 0.05) is 5.69 Å². The number of aromatic nitrogens is 4. The van der Waals surface area contributed by atoms with E-state index >= 15 is 0 Å². The Kier molecular flexibility index (Phi) is 11.2. The van der Waals surface area contributed by atoms with Gasteiger partial charge in [0.1, 0.15) is 37.3 Å². The van der Waals surface area contributed by atoms with E-state index in [0.717, 1.165) is 22.6 Å². The van der Waals surface area contributed by atoms with Crippen molar-refractivity contribution in [1.29, 1.82) is 0 Å². The fourth-order valence-corrected chi connectivity index (χ4v) is 5.04. The molecule has 0 radical (unpaired) electrons. The van der Waals surface area contributed by atoms with Crippen LogP contribution >= 0.6 is 0 Å². The zero-order valence-electron chi connectivity index (χ0n) is 29.7. The predicted octanol–water partition coefficient (Wildman–Crippen LogP) is 7.28. The van der Waals surface area contributed by atoms with Gasteiger partial charge in [-0.3, -0.25) is 19.1 Å². The lowest BCUT2D eigenvalue weighted by Crippen LogP contribution is -2.34. The van der Waals surface area contributed by atoms with Crippen LogP contribution in [0.25, 0.3) is 11.2 Å². The van der Waals surface area contributed by atoms with Crippen molar-refractivity contribution in [3.05, 3.63) is 109 Å². The zero-order chi connectivity index (χ0) is 35.9. The highest BCUT2D eigenvalue weighted by Crippen LogP contribution is 2.38. The molecule has 11 heteroatoms. The van der Waals surface area contributed by atoms with Crippen LogP contribution in [0, 0.1) is 10.8 Å². The Morgan fingerprint density at radius 2 is 1.30 bits per heavy atom. The van der Waals surface area contributed by atoms with Gasteiger partial charge in [-0.05, 0) is 76.9 Å². The van der Waals surface area contributed by atoms with Gasteiger partial charge in [0.2, 0.25) is 5.95 Å². The topological polar surface area (TPSA) is 118 Å². The number of carbonyl (C=O) groups is 2. The quantitative estimate of drug-likeness (QED) is 0.118. The molecule has 0 N–H and O–H groups in total. The van der Waals surface area contributed by atoms with Crippen LogP contribution in [0.4, 0.5) is 11.6 Å². The predicted molar refractivity (Wildman–Crippen MR) is 191 cm³/mol. The molecule has 0 bridgehead atoms. The lowest BCUT2D eigenvalue weighted by molar-refractivity contribution is -0.166. The average molecular weight is 680 g/mol. The maximum absolute atomic E-state index is 12.6. The van der Waals surface area contributed by atoms with Gasteiger partial charge in [0.25, 0.3) is 0 Å². The summed E-state index contributed by atoms with van der Waals surface area (Å²) in [6, 6.07) is 27.9. The van der Waals surface area contributed by atoms with Crippen LogP contribution in [0.1, 0.15) is 58.7 Å². The minimum atomic E-state index is -0.734. The smallest absolute Gasteiger partial charge is 0.311 e. The Balaban J connectivity index is 1.50. The van der Waals surface area contributed by atoms with Gasteiger partial charge in [-0.15, -0.1) is 0 Å². The molecule has 2 heterocycles. The third-order valence-electron chi connectivity index (χ3n) is 7.88. The van der Waals surface area contributed by atoms with Crippen LogP contribution in [0.3, 0.4) is 0 Å². The number of nitrogens with zero attached hydrogens (tertiary/aromatic N) is 5. The Hall–Kier alpha value is -5.29. The molecule has 5 rings (SSSR count). The van der Waals surface area contributed by atoms with Crippen LogP contribution in [-0.4, -0.2) is 57.9 Å². The summed E-state index contributed by atoms with van der Waals surface area (Å²) < 4.78 is 24.5. The molecule has 0 saturated carbocycles. The molecule has 0 aliphatic heterocycles. The lowest BCUT2D eigenvalue weighted by atomic mass is 9.96. The number of hydrogen-bond acceptors (Lipinski definition) is 10. The van der Waals surface area contributed by atoms with Crippen molar-refractivity contribution in [3.8, 4) is 5.75 Å². The van der Waals surface area contributed by atoms with Gasteiger partial charge in [-0.25, -0.2) is 9.97 Å². The monoisotopic (exact) mass is 679 g/mol. The number of esters is 2. The summed E-state index contributed by atoms with van der Waals surface area (Å²) in [5.74, 6) is 0.400. The van der Waals surface area contributed by atoms with Crippen molar-refractivity contribution >= 4 is 34.7 Å². The third-order valence-corrected chi connectivity index (χ3v) is 7.88. The highest BCUT2D eigenvalue weighted by Gasteiger charge is 2.29. The van der Waals surface area contributed by atoms with Gasteiger partial charge in [0.05, 0.1) is 36.5 Å². The Morgan fingerprint density at radius 1 is 0.760 bits per heavy atom. The molecule has 0 aliphatic rings. The number of hydrogen-bond donors (Lipinski definition) is 0. The van der Waals surface area contributed by atoms with E-state index in [2.05, 4.69) is 34.1 Å². The van der Waals surface area contributed by atoms with Crippen LogP contribution in [0.15, 0.2) is 97.5 Å². The molecule has 11 nitrogen and oxygen atoms in total. The van der Waals surface area contributed by atoms with Crippen LogP contribution in [0.2, 0.25) is 0 Å². The normalized spacial score (nSPS) is 11.9. The van der Waals surface area contributed by atoms with Gasteiger partial charge in [-0.1, -0.05) is 60.7 Å². The highest BCUT2D eigenvalue weighted by molar-refractivity contribution is 5.76. The number of methoxy groups -OCH3 is 1. The largest absolute Gasteiger partial charge is 0.497 e. The molecule has 0 fully saturated rings. The second kappa shape index (κ2) is 15.5. The summed E-state index contributed by atoms with van der Waals surface area (Å²) in [4.78, 5) is 41.6. The number of fused-ring (bicyclic) bond motifs is 1. The molecule has 0 atom stereocenters. The van der Waals surface area contributed by atoms with E-state index in [-0.39, 0.29) is 37.9 Å². The first-order valence-electron chi connectivity index (χ1n) is 16.5. The Bertz CT molecular complexity index is 1800. The van der Waals surface area contributed by atoms with E-state index in [1.54, 1.807) is 65.7 Å². The summed E-state index contributed by atoms with van der Waals surface area (Å²) in [5.41, 5.74) is 2.65. The lowest BCUT2D eigenvalue weighted by Gasteiger charge is -2.33. The van der Waals surface area contributed by atoms with Gasteiger partial charge < -0.3 is 18.9 Å². The molecule has 50 heavy (non-hydrogen) atoms. The number of ether oxygens (including phenoxy) is 4. The van der Waals surface area contributed by atoms with Crippen molar-refractivity contribution in [1.82, 2.24) is 19.5 Å². The fraction of sp³-hybridized carbons (Fsp3) is 0.359. The second-order valence-electron chi connectivity index (χ2n) is 14.0. The van der Waals surface area contributed by atoms with E-state index in [1.165, 1.54) is 0 Å². The van der Waals surface area contributed by atoms with Crippen molar-refractivity contribution < 1.29 is 28.5 Å². The molecule has 262 valence electrons. The number of carbonyl (C=O) groups excluding carboxylic acids is 2. The molecule has 0 spiro atoms. The molecule has 0 aliphatic carbocycles. The van der Waals surface area contributed by atoms with Crippen molar-refractivity contribution in [3.63, 3.8) is 0 Å². The first-order valence-corrected chi connectivity index (χ1v) is 16.5. The number of anilines is 2. The van der Waals surface area contributed by atoms with E-state index < -0.39 is 16.9 Å². The first-order chi connectivity index (χ1) is 23.8. The zero-order valence-corrected chi connectivity index (χ0v) is 29.7. The average Bonchev–Trinajstić information content (AvgIpc) is 3.52. The van der Waals surface area contributed by atoms with Crippen molar-refractivity contribution in [2.24, 2.45) is 10.8 Å². The number of imidazole rings is 1. The highest BCUT2D eigenvalue weighted by atomic mass is 16.6. The molecule has 5 aromatic rings. The molecular formula is C39H45N5O6. The van der Waals surface area contributed by atoms with Gasteiger partial charge in [-0.2, -0.15) is 4.98 Å². The minimum Gasteiger partial charge on any atom is -0.497 e. The first kappa shape index (κ1) is 36.0. The van der Waals surface area contributed by atoms with Crippen molar-refractivity contribution in [2.75, 3.05) is 25.2 Å². The summed E-state index contributed by atoms with van der Waals surface area (Å²) in [6.07, 6.45) is 2.57. The summed E-state index contributed by atoms with van der Waals surface area (Å²) in [7, 11) is 1.64. The molecule has 0 unspecified atom stereocenters. The van der Waals surface area contributed by atoms with E-state index in [1.807, 2.05) is 60.7 Å². The van der Waals surface area contributed by atoms with Crippen LogP contribution in [0.5, 0.6) is 5.75 Å². The van der Waals surface area contributed by atoms with Crippen LogP contribution < -0.4 is 9.64 Å². The third kappa shape index (κ3) is 8.83. The van der Waals surface area contributed by atoms with Gasteiger partial charge in [0.15, 0.2) is 5.65 Å². The standard InChI is InChI=1S/C39H45N5O6/c1-38(2,3)35(45)48-23-31(24-49-36(46)39(4,5)6)50-26-43-25-41-32-22-40-37(42-34(32)43)44(29-18-20-30(47-7)21-19-29)33(27-14-10-8-11-15-27)28-16-12-9-13-17-28/h8-22,25,31,33H,23-24,26H2,1-7H3. The summed E-state index contributed by atoms with van der Waals surface area (Å²) in [6.45, 7) is 10.4. The number of rotatable bonds is 13. The second-order valence-corrected chi connectivity index (χ2v) is 14.0. The number of benzene rings is 3. The van der Waals surface area contributed by atoms with E-state index in [0.29, 0.717) is 17.1 Å². The summed E-state index contributed by atoms with van der Waals surface area (Å²) in [5, 5.41) is 0. The molecule has 0 amide bonds. The summed E-state index contributed by atoms with van der Waals surface area (Å²) >= 11 is 0.